The largest absolute Gasteiger partial charge is 0.497 e. The highest BCUT2D eigenvalue weighted by atomic mass is 35.5. The zero-order chi connectivity index (χ0) is 21.4. The van der Waals surface area contributed by atoms with Crippen LogP contribution < -0.4 is 19.5 Å². The number of nitrogens with one attached hydrogen (secondary N) is 1. The molecule has 29 heavy (non-hydrogen) atoms. The topological polar surface area (TPSA) is 83.1 Å². The van der Waals surface area contributed by atoms with Crippen molar-refractivity contribution in [2.75, 3.05) is 26.6 Å². The molecular weight excluding hydrogens is 398 g/mol. The third-order valence-corrected chi connectivity index (χ3v) is 4.36. The standard InChI is InChI=1S/C21H24ClNO6/c1-13(21(25)23-18-11-15(22)6-7-19(18)28-4)29-20(24)8-5-14-9-16(26-2)12-17(10-14)27-3/h6-7,9-13H,5,8H2,1-4H3,(H,23,25)/t13-/m1/s1. The van der Waals surface area contributed by atoms with Crippen molar-refractivity contribution >= 4 is 29.2 Å². The van der Waals surface area contributed by atoms with Crippen molar-refractivity contribution in [2.45, 2.75) is 25.9 Å². The molecule has 0 bridgehead atoms. The Morgan fingerprint density at radius 3 is 2.24 bits per heavy atom. The van der Waals surface area contributed by atoms with E-state index in [1.54, 1.807) is 38.5 Å². The van der Waals surface area contributed by atoms with Gasteiger partial charge in [-0.3, -0.25) is 9.59 Å². The minimum Gasteiger partial charge on any atom is -0.497 e. The Kier molecular flexibility index (Phi) is 8.15. The van der Waals surface area contributed by atoms with E-state index in [1.807, 2.05) is 12.1 Å². The third kappa shape index (κ3) is 6.57. The summed E-state index contributed by atoms with van der Waals surface area (Å²) in [5, 5.41) is 3.10. The van der Waals surface area contributed by atoms with Crippen LogP contribution in [0.5, 0.6) is 17.2 Å². The highest BCUT2D eigenvalue weighted by Crippen LogP contribution is 2.28. The molecule has 0 saturated carbocycles. The number of carbonyl (C=O) groups excluding carboxylic acids is 2. The molecule has 0 saturated heterocycles. The molecule has 0 aromatic heterocycles. The number of ether oxygens (including phenoxy) is 4. The Morgan fingerprint density at radius 1 is 1.00 bits per heavy atom. The van der Waals surface area contributed by atoms with Gasteiger partial charge in [-0.1, -0.05) is 11.6 Å². The molecule has 8 heteroatoms. The van der Waals surface area contributed by atoms with Crippen LogP contribution in [0.25, 0.3) is 0 Å². The van der Waals surface area contributed by atoms with Crippen molar-refractivity contribution in [3.05, 3.63) is 47.0 Å². The van der Waals surface area contributed by atoms with Crippen LogP contribution in [0.4, 0.5) is 5.69 Å². The summed E-state index contributed by atoms with van der Waals surface area (Å²) in [5.74, 6) is 0.745. The van der Waals surface area contributed by atoms with E-state index in [0.29, 0.717) is 34.4 Å². The first-order valence-electron chi connectivity index (χ1n) is 8.92. The van der Waals surface area contributed by atoms with Gasteiger partial charge in [0, 0.05) is 17.5 Å². The maximum Gasteiger partial charge on any atom is 0.306 e. The van der Waals surface area contributed by atoms with E-state index in [2.05, 4.69) is 5.32 Å². The predicted octanol–water partition coefficient (Wildman–Crippen LogP) is 3.87. The SMILES string of the molecule is COc1cc(CCC(=O)O[C@H](C)C(=O)Nc2cc(Cl)ccc2OC)cc(OC)c1. The van der Waals surface area contributed by atoms with Crippen molar-refractivity contribution in [1.29, 1.82) is 0 Å². The Labute approximate surface area is 174 Å². The molecule has 0 spiro atoms. The fourth-order valence-corrected chi connectivity index (χ4v) is 2.75. The van der Waals surface area contributed by atoms with Gasteiger partial charge in [0.15, 0.2) is 6.10 Å². The van der Waals surface area contributed by atoms with Gasteiger partial charge >= 0.3 is 5.97 Å². The van der Waals surface area contributed by atoms with Crippen LogP contribution in [-0.2, 0) is 20.7 Å². The Bertz CT molecular complexity index is 848. The maximum absolute atomic E-state index is 12.3. The summed E-state index contributed by atoms with van der Waals surface area (Å²) in [6, 6.07) is 10.2. The van der Waals surface area contributed by atoms with E-state index < -0.39 is 18.0 Å². The van der Waals surface area contributed by atoms with E-state index in [-0.39, 0.29) is 6.42 Å². The monoisotopic (exact) mass is 421 g/mol. The number of amides is 1. The number of esters is 1. The summed E-state index contributed by atoms with van der Waals surface area (Å²) in [5.41, 5.74) is 1.26. The fraction of sp³-hybridized carbons (Fsp3) is 0.333. The lowest BCUT2D eigenvalue weighted by molar-refractivity contribution is -0.153. The number of aryl methyl sites for hydroxylation is 1. The molecule has 1 N–H and O–H groups in total. The molecule has 1 amide bonds. The Hall–Kier alpha value is -2.93. The van der Waals surface area contributed by atoms with Crippen LogP contribution in [0.3, 0.4) is 0 Å². The Morgan fingerprint density at radius 2 is 1.66 bits per heavy atom. The second-order valence-electron chi connectivity index (χ2n) is 6.19. The molecule has 0 radical (unpaired) electrons. The minimum absolute atomic E-state index is 0.106. The molecule has 156 valence electrons. The first kappa shape index (κ1) is 22.4. The first-order valence-corrected chi connectivity index (χ1v) is 9.30. The number of benzene rings is 2. The predicted molar refractivity (Wildman–Crippen MR) is 110 cm³/mol. The van der Waals surface area contributed by atoms with E-state index in [4.69, 9.17) is 30.5 Å². The molecule has 2 aromatic rings. The summed E-state index contributed by atoms with van der Waals surface area (Å²) in [4.78, 5) is 24.5. The number of hydrogen-bond donors (Lipinski definition) is 1. The third-order valence-electron chi connectivity index (χ3n) is 4.13. The molecule has 2 aromatic carbocycles. The van der Waals surface area contributed by atoms with Gasteiger partial charge < -0.3 is 24.3 Å². The number of carbonyl (C=O) groups is 2. The highest BCUT2D eigenvalue weighted by Gasteiger charge is 2.19. The van der Waals surface area contributed by atoms with Gasteiger partial charge in [0.1, 0.15) is 17.2 Å². The van der Waals surface area contributed by atoms with Crippen LogP contribution in [0.2, 0.25) is 5.02 Å². The average Bonchev–Trinajstić information content (AvgIpc) is 2.72. The molecular formula is C21H24ClNO6. The van der Waals surface area contributed by atoms with Crippen molar-refractivity contribution < 1.29 is 28.5 Å². The quantitative estimate of drug-likeness (QED) is 0.619. The van der Waals surface area contributed by atoms with E-state index >= 15 is 0 Å². The van der Waals surface area contributed by atoms with E-state index in [0.717, 1.165) is 5.56 Å². The summed E-state index contributed by atoms with van der Waals surface area (Å²) < 4.78 is 20.9. The van der Waals surface area contributed by atoms with Crippen molar-refractivity contribution in [3.8, 4) is 17.2 Å². The molecule has 0 fully saturated rings. The number of rotatable bonds is 9. The average molecular weight is 422 g/mol. The normalized spacial score (nSPS) is 11.3. The van der Waals surface area contributed by atoms with Gasteiger partial charge in [-0.05, 0) is 49.2 Å². The molecule has 7 nitrogen and oxygen atoms in total. The molecule has 0 heterocycles. The van der Waals surface area contributed by atoms with Crippen molar-refractivity contribution in [1.82, 2.24) is 0 Å². The van der Waals surface area contributed by atoms with E-state index in [9.17, 15) is 9.59 Å². The van der Waals surface area contributed by atoms with Crippen molar-refractivity contribution in [2.24, 2.45) is 0 Å². The van der Waals surface area contributed by atoms with Crippen LogP contribution in [0.1, 0.15) is 18.9 Å². The lowest BCUT2D eigenvalue weighted by Crippen LogP contribution is -2.30. The molecule has 0 aliphatic rings. The van der Waals surface area contributed by atoms with Crippen LogP contribution in [0, 0.1) is 0 Å². The zero-order valence-corrected chi connectivity index (χ0v) is 17.5. The van der Waals surface area contributed by atoms with Crippen LogP contribution in [0.15, 0.2) is 36.4 Å². The maximum atomic E-state index is 12.3. The van der Waals surface area contributed by atoms with Gasteiger partial charge in [-0.25, -0.2) is 0 Å². The van der Waals surface area contributed by atoms with Gasteiger partial charge in [0.2, 0.25) is 0 Å². The van der Waals surface area contributed by atoms with Crippen molar-refractivity contribution in [3.63, 3.8) is 0 Å². The van der Waals surface area contributed by atoms with Gasteiger partial charge in [0.25, 0.3) is 5.91 Å². The second kappa shape index (κ2) is 10.6. The number of halogens is 1. The minimum atomic E-state index is -0.981. The summed E-state index contributed by atoms with van der Waals surface area (Å²) in [7, 11) is 4.60. The van der Waals surface area contributed by atoms with Gasteiger partial charge in [-0.15, -0.1) is 0 Å². The molecule has 0 aliphatic carbocycles. The summed E-state index contributed by atoms with van der Waals surface area (Å²) in [6.07, 6.45) is -0.455. The van der Waals surface area contributed by atoms with Crippen LogP contribution >= 0.6 is 11.6 Å². The second-order valence-corrected chi connectivity index (χ2v) is 6.62. The zero-order valence-electron chi connectivity index (χ0n) is 16.8. The smallest absolute Gasteiger partial charge is 0.306 e. The number of methoxy groups -OCH3 is 3. The summed E-state index contributed by atoms with van der Waals surface area (Å²) in [6.45, 7) is 1.50. The highest BCUT2D eigenvalue weighted by molar-refractivity contribution is 6.31. The number of hydrogen-bond acceptors (Lipinski definition) is 6. The van der Waals surface area contributed by atoms with E-state index in [1.165, 1.54) is 14.0 Å². The molecule has 0 aliphatic heterocycles. The molecule has 1 atom stereocenters. The lowest BCUT2D eigenvalue weighted by atomic mass is 10.1. The van der Waals surface area contributed by atoms with Crippen LogP contribution in [-0.4, -0.2) is 39.3 Å². The first-order chi connectivity index (χ1) is 13.9. The van der Waals surface area contributed by atoms with Gasteiger partial charge in [-0.2, -0.15) is 0 Å². The number of anilines is 1. The molecule has 0 unspecified atom stereocenters. The summed E-state index contributed by atoms with van der Waals surface area (Å²) >= 11 is 5.95. The molecule has 2 rings (SSSR count). The lowest BCUT2D eigenvalue weighted by Gasteiger charge is -2.15. The van der Waals surface area contributed by atoms with Gasteiger partial charge in [0.05, 0.1) is 27.0 Å². The Balaban J connectivity index is 1.92. The fourth-order valence-electron chi connectivity index (χ4n) is 2.58.